The van der Waals surface area contributed by atoms with Crippen LogP contribution in [0, 0.1) is 5.41 Å². The Balaban J connectivity index is 2.49. The maximum atomic E-state index is 11.3. The van der Waals surface area contributed by atoms with Crippen LogP contribution >= 0.6 is 0 Å². The van der Waals surface area contributed by atoms with Gasteiger partial charge in [-0.15, -0.1) is 0 Å². The summed E-state index contributed by atoms with van der Waals surface area (Å²) >= 11 is 0. The number of carbonyl (C=O) groups is 2. The van der Waals surface area contributed by atoms with Crippen molar-refractivity contribution in [2.24, 2.45) is 11.1 Å². The topological polar surface area (TPSA) is 81.4 Å². The average molecular weight is 214 g/mol. The molecule has 0 heterocycles. The molecule has 0 aromatic rings. The number of ether oxygens (including phenoxy) is 1. The molecular weight excluding hydrogens is 196 g/mol. The predicted molar refractivity (Wildman–Crippen MR) is 55.1 cm³/mol. The number of amides is 2. The van der Waals surface area contributed by atoms with E-state index in [0.717, 1.165) is 12.8 Å². The zero-order valence-corrected chi connectivity index (χ0v) is 9.37. The molecule has 1 rings (SSSR count). The standard InChI is InChI=1S/C10H18N2O3/c1-10(2,3)7(8(11)13)12-9(14)15-6-4-5-6/h6-7H,4-5H2,1-3H3,(H2,11,13)(H,12,14)/t7-/m1/s1. The van der Waals surface area contributed by atoms with Crippen molar-refractivity contribution in [3.63, 3.8) is 0 Å². The Morgan fingerprint density at radius 1 is 1.40 bits per heavy atom. The SMILES string of the molecule is CC(C)(C)[C@H](NC(=O)OC1CC1)C(N)=O. The van der Waals surface area contributed by atoms with Crippen molar-refractivity contribution in [2.45, 2.75) is 45.8 Å². The minimum Gasteiger partial charge on any atom is -0.446 e. The van der Waals surface area contributed by atoms with Crippen molar-refractivity contribution < 1.29 is 14.3 Å². The van der Waals surface area contributed by atoms with E-state index in [0.29, 0.717) is 0 Å². The molecule has 2 amide bonds. The van der Waals surface area contributed by atoms with Gasteiger partial charge < -0.3 is 15.8 Å². The van der Waals surface area contributed by atoms with Gasteiger partial charge >= 0.3 is 6.09 Å². The van der Waals surface area contributed by atoms with Crippen LogP contribution in [0.4, 0.5) is 4.79 Å². The molecule has 0 spiro atoms. The molecule has 0 aromatic heterocycles. The number of alkyl carbamates (subject to hydrolysis) is 1. The number of nitrogens with two attached hydrogens (primary N) is 1. The summed E-state index contributed by atoms with van der Waals surface area (Å²) in [4.78, 5) is 22.4. The first-order valence-electron chi connectivity index (χ1n) is 5.07. The van der Waals surface area contributed by atoms with E-state index >= 15 is 0 Å². The minimum atomic E-state index is -0.705. The molecular formula is C10H18N2O3. The Bertz CT molecular complexity index is 266. The second-order valence-electron chi connectivity index (χ2n) is 4.95. The summed E-state index contributed by atoms with van der Waals surface area (Å²) in [7, 11) is 0. The van der Waals surface area contributed by atoms with Crippen LogP contribution in [-0.4, -0.2) is 24.1 Å². The zero-order chi connectivity index (χ0) is 11.6. The quantitative estimate of drug-likeness (QED) is 0.728. The largest absolute Gasteiger partial charge is 0.446 e. The lowest BCUT2D eigenvalue weighted by Crippen LogP contribution is -2.52. The van der Waals surface area contributed by atoms with Crippen LogP contribution in [0.1, 0.15) is 33.6 Å². The van der Waals surface area contributed by atoms with Gasteiger partial charge in [-0.2, -0.15) is 0 Å². The van der Waals surface area contributed by atoms with Crippen LogP contribution in [0.25, 0.3) is 0 Å². The zero-order valence-electron chi connectivity index (χ0n) is 9.37. The molecule has 1 saturated carbocycles. The van der Waals surface area contributed by atoms with Crippen LogP contribution in [0.15, 0.2) is 0 Å². The number of hydrogen-bond acceptors (Lipinski definition) is 3. The molecule has 15 heavy (non-hydrogen) atoms. The summed E-state index contributed by atoms with van der Waals surface area (Å²) in [6.45, 7) is 5.50. The Kier molecular flexibility index (Phi) is 3.21. The van der Waals surface area contributed by atoms with Crippen molar-refractivity contribution in [1.82, 2.24) is 5.32 Å². The first kappa shape index (κ1) is 11.8. The Hall–Kier alpha value is -1.26. The summed E-state index contributed by atoms with van der Waals surface area (Å²) < 4.78 is 4.98. The first-order chi connectivity index (χ1) is 6.80. The molecule has 0 bridgehead atoms. The van der Waals surface area contributed by atoms with E-state index in [4.69, 9.17) is 10.5 Å². The van der Waals surface area contributed by atoms with Crippen molar-refractivity contribution >= 4 is 12.0 Å². The molecule has 0 aromatic carbocycles. The first-order valence-corrected chi connectivity index (χ1v) is 5.07. The van der Waals surface area contributed by atoms with Gasteiger partial charge in [0.2, 0.25) is 5.91 Å². The average Bonchev–Trinajstić information content (AvgIpc) is 2.81. The van der Waals surface area contributed by atoms with Gasteiger partial charge in [0.25, 0.3) is 0 Å². The highest BCUT2D eigenvalue weighted by molar-refractivity contribution is 5.85. The van der Waals surface area contributed by atoms with Gasteiger partial charge in [0.15, 0.2) is 0 Å². The molecule has 0 unspecified atom stereocenters. The van der Waals surface area contributed by atoms with Gasteiger partial charge in [0, 0.05) is 0 Å². The second-order valence-corrected chi connectivity index (χ2v) is 4.95. The fourth-order valence-electron chi connectivity index (χ4n) is 1.20. The molecule has 0 radical (unpaired) electrons. The summed E-state index contributed by atoms with van der Waals surface area (Å²) in [5, 5.41) is 2.49. The van der Waals surface area contributed by atoms with Gasteiger partial charge in [-0.1, -0.05) is 20.8 Å². The molecule has 1 atom stereocenters. The molecule has 86 valence electrons. The molecule has 0 saturated heterocycles. The highest BCUT2D eigenvalue weighted by Gasteiger charge is 2.33. The van der Waals surface area contributed by atoms with Crippen LogP contribution < -0.4 is 11.1 Å². The van der Waals surface area contributed by atoms with Gasteiger partial charge in [0.1, 0.15) is 12.1 Å². The van der Waals surface area contributed by atoms with E-state index in [9.17, 15) is 9.59 Å². The van der Waals surface area contributed by atoms with Crippen molar-refractivity contribution in [3.05, 3.63) is 0 Å². The molecule has 1 aliphatic carbocycles. The molecule has 0 aliphatic heterocycles. The van der Waals surface area contributed by atoms with Gasteiger partial charge in [-0.3, -0.25) is 4.79 Å². The lowest BCUT2D eigenvalue weighted by atomic mass is 9.86. The summed E-state index contributed by atoms with van der Waals surface area (Å²) in [6.07, 6.45) is 1.28. The number of rotatable bonds is 3. The van der Waals surface area contributed by atoms with Crippen molar-refractivity contribution in [2.75, 3.05) is 0 Å². The Labute approximate surface area is 89.3 Å². The lowest BCUT2D eigenvalue weighted by molar-refractivity contribution is -0.122. The highest BCUT2D eigenvalue weighted by atomic mass is 16.6. The van der Waals surface area contributed by atoms with Gasteiger partial charge in [-0.25, -0.2) is 4.79 Å². The third-order valence-electron chi connectivity index (χ3n) is 2.21. The fourth-order valence-corrected chi connectivity index (χ4v) is 1.20. The van der Waals surface area contributed by atoms with Crippen molar-refractivity contribution in [3.8, 4) is 0 Å². The van der Waals surface area contributed by atoms with E-state index in [1.807, 2.05) is 20.8 Å². The Morgan fingerprint density at radius 3 is 2.27 bits per heavy atom. The summed E-state index contributed by atoms with van der Waals surface area (Å²) in [6, 6.07) is -0.705. The minimum absolute atomic E-state index is 0.0264. The van der Waals surface area contributed by atoms with Crippen molar-refractivity contribution in [1.29, 1.82) is 0 Å². The van der Waals surface area contributed by atoms with E-state index in [-0.39, 0.29) is 6.10 Å². The molecule has 5 heteroatoms. The normalized spacial score (nSPS) is 18.1. The number of carbonyl (C=O) groups excluding carboxylic acids is 2. The monoisotopic (exact) mass is 214 g/mol. The molecule has 3 N–H and O–H groups in total. The molecule has 5 nitrogen and oxygen atoms in total. The third-order valence-corrected chi connectivity index (χ3v) is 2.21. The second kappa shape index (κ2) is 4.08. The van der Waals surface area contributed by atoms with Crippen LogP contribution in [0.5, 0.6) is 0 Å². The molecule has 1 aliphatic rings. The number of hydrogen-bond donors (Lipinski definition) is 2. The van der Waals surface area contributed by atoms with Crippen LogP contribution in [0.3, 0.4) is 0 Å². The van der Waals surface area contributed by atoms with Crippen LogP contribution in [0.2, 0.25) is 0 Å². The number of nitrogens with one attached hydrogen (secondary N) is 1. The van der Waals surface area contributed by atoms with E-state index in [1.54, 1.807) is 0 Å². The third kappa shape index (κ3) is 3.77. The summed E-state index contributed by atoms with van der Waals surface area (Å²) in [5.74, 6) is -0.546. The predicted octanol–water partition coefficient (Wildman–Crippen LogP) is 0.775. The van der Waals surface area contributed by atoms with Gasteiger partial charge in [-0.05, 0) is 18.3 Å². The van der Waals surface area contributed by atoms with E-state index in [2.05, 4.69) is 5.32 Å². The van der Waals surface area contributed by atoms with E-state index < -0.39 is 23.5 Å². The number of primary amides is 1. The maximum absolute atomic E-state index is 11.3. The Morgan fingerprint density at radius 2 is 1.93 bits per heavy atom. The fraction of sp³-hybridized carbons (Fsp3) is 0.800. The smallest absolute Gasteiger partial charge is 0.408 e. The molecule has 1 fully saturated rings. The summed E-state index contributed by atoms with van der Waals surface area (Å²) in [5.41, 5.74) is 4.80. The van der Waals surface area contributed by atoms with Crippen LogP contribution in [-0.2, 0) is 9.53 Å². The lowest BCUT2D eigenvalue weighted by Gasteiger charge is -2.28. The van der Waals surface area contributed by atoms with Gasteiger partial charge in [0.05, 0.1) is 0 Å². The van der Waals surface area contributed by atoms with E-state index in [1.165, 1.54) is 0 Å². The maximum Gasteiger partial charge on any atom is 0.408 e. The highest BCUT2D eigenvalue weighted by Crippen LogP contribution is 2.24.